The van der Waals surface area contributed by atoms with Crippen molar-refractivity contribution < 1.29 is 14.7 Å². The molecule has 4 nitrogen and oxygen atoms in total. The SMILES string of the molecule is CCc1ccc(N2C(=O)C(=O)/C(=C(\O)c3ccc(Br)c(C)c3)C2c2ccccc2)cc1. The molecule has 156 valence electrons. The zero-order chi connectivity index (χ0) is 22.1. The van der Waals surface area contributed by atoms with Gasteiger partial charge in [-0.1, -0.05) is 71.4 Å². The molecule has 3 aromatic carbocycles. The third-order valence-corrected chi connectivity index (χ3v) is 6.50. The summed E-state index contributed by atoms with van der Waals surface area (Å²) in [4.78, 5) is 27.8. The fourth-order valence-electron chi connectivity index (χ4n) is 3.89. The van der Waals surface area contributed by atoms with E-state index in [9.17, 15) is 14.7 Å². The highest BCUT2D eigenvalue weighted by Gasteiger charge is 2.46. The number of nitrogens with zero attached hydrogens (tertiary/aromatic N) is 1. The van der Waals surface area contributed by atoms with Crippen molar-refractivity contribution in [2.24, 2.45) is 0 Å². The van der Waals surface area contributed by atoms with E-state index in [-0.39, 0.29) is 11.3 Å². The average molecular weight is 476 g/mol. The number of carbonyl (C=O) groups is 2. The lowest BCUT2D eigenvalue weighted by Gasteiger charge is -2.25. The first kappa shape index (κ1) is 21.1. The summed E-state index contributed by atoms with van der Waals surface area (Å²) in [6.45, 7) is 3.97. The Balaban J connectivity index is 1.92. The molecule has 1 amide bonds. The van der Waals surface area contributed by atoms with Gasteiger partial charge < -0.3 is 5.11 Å². The van der Waals surface area contributed by atoms with E-state index in [0.29, 0.717) is 11.3 Å². The lowest BCUT2D eigenvalue weighted by atomic mass is 9.94. The molecule has 31 heavy (non-hydrogen) atoms. The molecule has 1 N–H and O–H groups in total. The number of aliphatic hydroxyl groups is 1. The van der Waals surface area contributed by atoms with Gasteiger partial charge in [0.1, 0.15) is 5.76 Å². The number of carbonyl (C=O) groups excluding carboxylic acids is 2. The summed E-state index contributed by atoms with van der Waals surface area (Å²) in [6, 6.07) is 21.6. The number of anilines is 1. The zero-order valence-electron chi connectivity index (χ0n) is 17.3. The van der Waals surface area contributed by atoms with Crippen molar-refractivity contribution in [3.8, 4) is 0 Å². The summed E-state index contributed by atoms with van der Waals surface area (Å²) < 4.78 is 0.903. The van der Waals surface area contributed by atoms with Crippen LogP contribution in [0.3, 0.4) is 0 Å². The van der Waals surface area contributed by atoms with E-state index >= 15 is 0 Å². The fourth-order valence-corrected chi connectivity index (χ4v) is 4.14. The first-order valence-corrected chi connectivity index (χ1v) is 10.9. The van der Waals surface area contributed by atoms with Crippen molar-refractivity contribution in [1.29, 1.82) is 0 Å². The molecule has 1 fully saturated rings. The van der Waals surface area contributed by atoms with E-state index in [2.05, 4.69) is 22.9 Å². The maximum atomic E-state index is 13.1. The van der Waals surface area contributed by atoms with Crippen molar-refractivity contribution >= 4 is 39.1 Å². The third-order valence-electron chi connectivity index (χ3n) is 5.61. The smallest absolute Gasteiger partial charge is 0.300 e. The van der Waals surface area contributed by atoms with Crippen molar-refractivity contribution in [3.05, 3.63) is 105 Å². The Bertz CT molecular complexity index is 1180. The van der Waals surface area contributed by atoms with Gasteiger partial charge in [0.2, 0.25) is 0 Å². The molecule has 5 heteroatoms. The van der Waals surface area contributed by atoms with Gasteiger partial charge in [-0.05, 0) is 54.3 Å². The Morgan fingerprint density at radius 1 is 1.00 bits per heavy atom. The first-order valence-electron chi connectivity index (χ1n) is 10.1. The second kappa shape index (κ2) is 8.52. The highest BCUT2D eigenvalue weighted by Crippen LogP contribution is 2.42. The predicted molar refractivity (Wildman–Crippen MR) is 126 cm³/mol. The molecule has 1 atom stereocenters. The Labute approximate surface area is 190 Å². The third kappa shape index (κ3) is 3.81. The van der Waals surface area contributed by atoms with Crippen LogP contribution in [0.1, 0.15) is 35.2 Å². The van der Waals surface area contributed by atoms with Gasteiger partial charge in [0.25, 0.3) is 11.7 Å². The summed E-state index contributed by atoms with van der Waals surface area (Å²) in [5.74, 6) is -1.50. The van der Waals surface area contributed by atoms with Gasteiger partial charge >= 0.3 is 0 Å². The molecule has 1 unspecified atom stereocenters. The van der Waals surface area contributed by atoms with Gasteiger partial charge in [-0.15, -0.1) is 0 Å². The minimum absolute atomic E-state index is 0.0949. The van der Waals surface area contributed by atoms with Crippen LogP contribution >= 0.6 is 15.9 Å². The highest BCUT2D eigenvalue weighted by molar-refractivity contribution is 9.10. The Morgan fingerprint density at radius 3 is 2.29 bits per heavy atom. The van der Waals surface area contributed by atoms with Crippen LogP contribution in [0.15, 0.2) is 82.8 Å². The Morgan fingerprint density at radius 2 is 1.68 bits per heavy atom. The number of ketones is 1. The summed E-state index contributed by atoms with van der Waals surface area (Å²) in [5.41, 5.74) is 4.04. The van der Waals surface area contributed by atoms with Crippen LogP contribution < -0.4 is 4.90 Å². The molecule has 1 saturated heterocycles. The largest absolute Gasteiger partial charge is 0.507 e. The number of amides is 1. The van der Waals surface area contributed by atoms with Gasteiger partial charge in [0.05, 0.1) is 11.6 Å². The fraction of sp³-hybridized carbons (Fsp3) is 0.154. The monoisotopic (exact) mass is 475 g/mol. The van der Waals surface area contributed by atoms with Gasteiger partial charge in [-0.3, -0.25) is 14.5 Å². The number of hydrogen-bond acceptors (Lipinski definition) is 3. The van der Waals surface area contributed by atoms with Crippen LogP contribution in [0, 0.1) is 6.92 Å². The summed E-state index contributed by atoms with van der Waals surface area (Å²) >= 11 is 3.46. The Hall–Kier alpha value is -3.18. The molecule has 1 aliphatic rings. The average Bonchev–Trinajstić information content (AvgIpc) is 3.06. The minimum atomic E-state index is -0.711. The molecular formula is C26H22BrNO3. The van der Waals surface area contributed by atoms with Crippen LogP contribution in [0.4, 0.5) is 5.69 Å². The Kier molecular flexibility index (Phi) is 5.79. The second-order valence-corrected chi connectivity index (χ2v) is 8.42. The van der Waals surface area contributed by atoms with Crippen molar-refractivity contribution in [2.45, 2.75) is 26.3 Å². The number of benzene rings is 3. The molecule has 3 aromatic rings. The molecule has 0 saturated carbocycles. The number of halogens is 1. The minimum Gasteiger partial charge on any atom is -0.507 e. The quantitative estimate of drug-likeness (QED) is 0.288. The summed E-state index contributed by atoms with van der Waals surface area (Å²) in [6.07, 6.45) is 0.879. The van der Waals surface area contributed by atoms with Crippen LogP contribution in [0.2, 0.25) is 0 Å². The molecular weight excluding hydrogens is 454 g/mol. The van der Waals surface area contributed by atoms with Crippen LogP contribution in [-0.4, -0.2) is 16.8 Å². The van der Waals surface area contributed by atoms with Crippen molar-refractivity contribution in [1.82, 2.24) is 0 Å². The molecule has 1 heterocycles. The molecule has 0 aromatic heterocycles. The summed E-state index contributed by atoms with van der Waals surface area (Å²) in [5, 5.41) is 11.2. The van der Waals surface area contributed by atoms with E-state index in [1.807, 2.05) is 67.6 Å². The molecule has 0 bridgehead atoms. The second-order valence-electron chi connectivity index (χ2n) is 7.56. The number of aryl methyl sites for hydroxylation is 2. The lowest BCUT2D eigenvalue weighted by Crippen LogP contribution is -2.29. The van der Waals surface area contributed by atoms with Gasteiger partial charge in [0, 0.05) is 15.7 Å². The van der Waals surface area contributed by atoms with Crippen LogP contribution in [-0.2, 0) is 16.0 Å². The normalized spacial score (nSPS) is 17.9. The predicted octanol–water partition coefficient (Wildman–Crippen LogP) is 5.95. The first-order chi connectivity index (χ1) is 14.9. The van der Waals surface area contributed by atoms with Crippen molar-refractivity contribution in [3.63, 3.8) is 0 Å². The van der Waals surface area contributed by atoms with Gasteiger partial charge in [-0.25, -0.2) is 0 Å². The lowest BCUT2D eigenvalue weighted by molar-refractivity contribution is -0.132. The molecule has 0 radical (unpaired) electrons. The topological polar surface area (TPSA) is 57.6 Å². The van der Waals surface area contributed by atoms with E-state index in [1.165, 1.54) is 4.90 Å². The van der Waals surface area contributed by atoms with Crippen molar-refractivity contribution in [2.75, 3.05) is 4.90 Å². The zero-order valence-corrected chi connectivity index (χ0v) is 18.9. The molecule has 0 aliphatic carbocycles. The van der Waals surface area contributed by atoms with E-state index in [4.69, 9.17) is 0 Å². The molecule has 0 spiro atoms. The maximum absolute atomic E-state index is 13.1. The molecule has 4 rings (SSSR count). The van der Waals surface area contributed by atoms with E-state index in [0.717, 1.165) is 27.6 Å². The number of aliphatic hydroxyl groups excluding tert-OH is 1. The summed E-state index contributed by atoms with van der Waals surface area (Å²) in [7, 11) is 0. The van der Waals surface area contributed by atoms with E-state index in [1.54, 1.807) is 12.1 Å². The number of hydrogen-bond donors (Lipinski definition) is 1. The standard InChI is InChI=1S/C26H22BrNO3/c1-3-17-9-12-20(13-10-17)28-23(18-7-5-4-6-8-18)22(25(30)26(28)31)24(29)19-11-14-21(27)16(2)15-19/h4-15,23,29H,3H2,1-2H3/b24-22-. The van der Waals surface area contributed by atoms with Crippen LogP contribution in [0.25, 0.3) is 5.76 Å². The van der Waals surface area contributed by atoms with Crippen LogP contribution in [0.5, 0.6) is 0 Å². The number of rotatable bonds is 4. The number of Topliss-reactive ketones (excluding diaryl/α,β-unsaturated/α-hetero) is 1. The van der Waals surface area contributed by atoms with Gasteiger partial charge in [0.15, 0.2) is 0 Å². The van der Waals surface area contributed by atoms with E-state index < -0.39 is 17.7 Å². The van der Waals surface area contributed by atoms with Gasteiger partial charge in [-0.2, -0.15) is 0 Å². The molecule has 1 aliphatic heterocycles. The highest BCUT2D eigenvalue weighted by atomic mass is 79.9. The maximum Gasteiger partial charge on any atom is 0.300 e.